The van der Waals surface area contributed by atoms with E-state index in [-0.39, 0.29) is 18.9 Å². The predicted molar refractivity (Wildman–Crippen MR) is 74.3 cm³/mol. The fraction of sp³-hybridized carbons (Fsp3) is 0.600. The van der Waals surface area contributed by atoms with Crippen LogP contribution in [0.3, 0.4) is 0 Å². The second-order valence-corrected chi connectivity index (χ2v) is 5.61. The van der Waals surface area contributed by atoms with E-state index in [0.29, 0.717) is 6.54 Å². The average Bonchev–Trinajstić information content (AvgIpc) is 2.44. The largest absolute Gasteiger partial charge is 0.378 e. The van der Waals surface area contributed by atoms with Gasteiger partial charge in [-0.2, -0.15) is 0 Å². The summed E-state index contributed by atoms with van der Waals surface area (Å²) in [6.45, 7) is 4.06. The molecule has 3 nitrogen and oxygen atoms in total. The molecule has 20 heavy (non-hydrogen) atoms. The molecule has 1 aliphatic carbocycles. The Morgan fingerprint density at radius 1 is 1.15 bits per heavy atom. The Hall–Kier alpha value is -1.20. The third-order valence-electron chi connectivity index (χ3n) is 4.00. The third-order valence-corrected chi connectivity index (χ3v) is 4.00. The summed E-state index contributed by atoms with van der Waals surface area (Å²) in [5.74, 6) is -2.45. The highest BCUT2D eigenvalue weighted by Crippen LogP contribution is 2.37. The molecule has 0 bridgehead atoms. The summed E-state index contributed by atoms with van der Waals surface area (Å²) in [7, 11) is 0. The average molecular weight is 282 g/mol. The van der Waals surface area contributed by atoms with Gasteiger partial charge in [-0.3, -0.25) is 0 Å². The number of hydrogen-bond donors (Lipinski definition) is 1. The molecule has 0 radical (unpaired) electrons. The van der Waals surface area contributed by atoms with E-state index < -0.39 is 5.92 Å². The number of anilines is 1. The Bertz CT molecular complexity index is 436. The summed E-state index contributed by atoms with van der Waals surface area (Å²) >= 11 is 0. The lowest BCUT2D eigenvalue weighted by Gasteiger charge is -2.35. The second-order valence-electron chi connectivity index (χ2n) is 5.61. The number of alkyl halides is 2. The lowest BCUT2D eigenvalue weighted by Crippen LogP contribution is -2.48. The first-order valence-corrected chi connectivity index (χ1v) is 7.15. The van der Waals surface area contributed by atoms with Gasteiger partial charge in [0.05, 0.1) is 13.2 Å². The van der Waals surface area contributed by atoms with Crippen molar-refractivity contribution in [1.29, 1.82) is 0 Å². The van der Waals surface area contributed by atoms with Crippen LogP contribution in [0.25, 0.3) is 0 Å². The van der Waals surface area contributed by atoms with Gasteiger partial charge in [0, 0.05) is 44.2 Å². The maximum absolute atomic E-state index is 12.7. The predicted octanol–water partition coefficient (Wildman–Crippen LogP) is 2.41. The van der Waals surface area contributed by atoms with Crippen LogP contribution in [0.5, 0.6) is 0 Å². The van der Waals surface area contributed by atoms with Crippen LogP contribution in [0.15, 0.2) is 24.3 Å². The molecule has 3 rings (SSSR count). The molecule has 1 saturated carbocycles. The summed E-state index contributed by atoms with van der Waals surface area (Å²) in [6, 6.07) is 8.28. The van der Waals surface area contributed by atoms with Gasteiger partial charge in [0.15, 0.2) is 0 Å². The molecule has 1 aromatic rings. The van der Waals surface area contributed by atoms with Gasteiger partial charge in [0.25, 0.3) is 5.92 Å². The third kappa shape index (κ3) is 3.27. The Labute approximate surface area is 117 Å². The highest BCUT2D eigenvalue weighted by atomic mass is 19.3. The molecule has 0 unspecified atom stereocenters. The zero-order chi connectivity index (χ0) is 14.0. The van der Waals surface area contributed by atoms with Gasteiger partial charge in [-0.05, 0) is 17.7 Å². The normalized spacial score (nSPS) is 22.6. The fourth-order valence-electron chi connectivity index (χ4n) is 2.71. The lowest BCUT2D eigenvalue weighted by atomic mass is 9.88. The maximum Gasteiger partial charge on any atom is 0.251 e. The zero-order valence-electron chi connectivity index (χ0n) is 11.4. The van der Waals surface area contributed by atoms with Gasteiger partial charge in [0.1, 0.15) is 0 Å². The minimum absolute atomic E-state index is 0.0289. The monoisotopic (exact) mass is 282 g/mol. The zero-order valence-corrected chi connectivity index (χ0v) is 11.4. The topological polar surface area (TPSA) is 24.5 Å². The van der Waals surface area contributed by atoms with Gasteiger partial charge < -0.3 is 15.0 Å². The number of nitrogens with one attached hydrogen (secondary N) is 1. The summed E-state index contributed by atoms with van der Waals surface area (Å²) in [5.41, 5.74) is 2.34. The lowest BCUT2D eigenvalue weighted by molar-refractivity contribution is -0.0930. The van der Waals surface area contributed by atoms with Crippen molar-refractivity contribution in [3.05, 3.63) is 29.8 Å². The Morgan fingerprint density at radius 3 is 2.40 bits per heavy atom. The van der Waals surface area contributed by atoms with Crippen molar-refractivity contribution in [3.63, 3.8) is 0 Å². The molecule has 1 aliphatic heterocycles. The van der Waals surface area contributed by atoms with E-state index >= 15 is 0 Å². The molecule has 0 aromatic heterocycles. The standard InChI is InChI=1S/C15H20F2N2O/c16-15(17)9-13(10-15)18-11-12-1-3-14(4-2-12)19-5-7-20-8-6-19/h1-4,13,18H,5-11H2. The van der Waals surface area contributed by atoms with Crippen LogP contribution in [0, 0.1) is 0 Å². The van der Waals surface area contributed by atoms with E-state index in [2.05, 4.69) is 34.5 Å². The first-order valence-electron chi connectivity index (χ1n) is 7.15. The van der Waals surface area contributed by atoms with Gasteiger partial charge >= 0.3 is 0 Å². The Morgan fingerprint density at radius 2 is 1.80 bits per heavy atom. The Balaban J connectivity index is 1.49. The fourth-order valence-corrected chi connectivity index (χ4v) is 2.71. The number of benzene rings is 1. The molecule has 0 amide bonds. The van der Waals surface area contributed by atoms with Gasteiger partial charge in [-0.25, -0.2) is 8.78 Å². The van der Waals surface area contributed by atoms with Crippen LogP contribution >= 0.6 is 0 Å². The number of ether oxygens (including phenoxy) is 1. The maximum atomic E-state index is 12.7. The van der Waals surface area contributed by atoms with Crippen molar-refractivity contribution in [2.24, 2.45) is 0 Å². The molecule has 1 heterocycles. The van der Waals surface area contributed by atoms with Gasteiger partial charge in [0.2, 0.25) is 0 Å². The van der Waals surface area contributed by atoms with E-state index in [9.17, 15) is 8.78 Å². The van der Waals surface area contributed by atoms with E-state index in [1.165, 1.54) is 5.69 Å². The molecule has 1 aromatic carbocycles. The van der Waals surface area contributed by atoms with Crippen molar-refractivity contribution in [1.82, 2.24) is 5.32 Å². The SMILES string of the molecule is FC1(F)CC(NCc2ccc(N3CCOCC3)cc2)C1. The number of nitrogens with zero attached hydrogens (tertiary/aromatic N) is 1. The molecular weight excluding hydrogens is 262 g/mol. The quantitative estimate of drug-likeness (QED) is 0.918. The van der Waals surface area contributed by atoms with Crippen LogP contribution in [0.2, 0.25) is 0 Å². The molecule has 110 valence electrons. The van der Waals surface area contributed by atoms with E-state index in [0.717, 1.165) is 31.9 Å². The summed E-state index contributed by atoms with van der Waals surface area (Å²) in [5, 5.41) is 3.18. The smallest absolute Gasteiger partial charge is 0.251 e. The van der Waals surface area contributed by atoms with E-state index in [4.69, 9.17) is 4.74 Å². The van der Waals surface area contributed by atoms with Crippen molar-refractivity contribution in [3.8, 4) is 0 Å². The van der Waals surface area contributed by atoms with E-state index in [1.54, 1.807) is 0 Å². The van der Waals surface area contributed by atoms with Crippen molar-refractivity contribution >= 4 is 5.69 Å². The number of rotatable bonds is 4. The minimum Gasteiger partial charge on any atom is -0.378 e. The molecular formula is C15H20F2N2O. The van der Waals surface area contributed by atoms with Crippen molar-refractivity contribution < 1.29 is 13.5 Å². The van der Waals surface area contributed by atoms with Crippen LogP contribution in [-0.2, 0) is 11.3 Å². The van der Waals surface area contributed by atoms with Crippen LogP contribution in [0.1, 0.15) is 18.4 Å². The molecule has 5 heteroatoms. The van der Waals surface area contributed by atoms with Crippen molar-refractivity contribution in [2.75, 3.05) is 31.2 Å². The molecule has 2 fully saturated rings. The van der Waals surface area contributed by atoms with Gasteiger partial charge in [-0.1, -0.05) is 12.1 Å². The minimum atomic E-state index is -2.45. The highest BCUT2D eigenvalue weighted by molar-refractivity contribution is 5.47. The van der Waals surface area contributed by atoms with Crippen molar-refractivity contribution in [2.45, 2.75) is 31.4 Å². The molecule has 0 spiro atoms. The van der Waals surface area contributed by atoms with Crippen LogP contribution in [-0.4, -0.2) is 38.3 Å². The van der Waals surface area contributed by atoms with Crippen LogP contribution < -0.4 is 10.2 Å². The molecule has 2 aliphatic rings. The highest BCUT2D eigenvalue weighted by Gasteiger charge is 2.44. The van der Waals surface area contributed by atoms with E-state index in [1.807, 2.05) is 0 Å². The van der Waals surface area contributed by atoms with Crippen LogP contribution in [0.4, 0.5) is 14.5 Å². The molecule has 0 atom stereocenters. The number of hydrogen-bond acceptors (Lipinski definition) is 3. The Kier molecular flexibility index (Phi) is 3.89. The first kappa shape index (κ1) is 13.8. The summed E-state index contributed by atoms with van der Waals surface area (Å²) in [6.07, 6.45) is -0.0578. The second kappa shape index (κ2) is 5.66. The van der Waals surface area contributed by atoms with Gasteiger partial charge in [-0.15, -0.1) is 0 Å². The summed E-state index contributed by atoms with van der Waals surface area (Å²) < 4.78 is 30.8. The molecule has 1 saturated heterocycles. The summed E-state index contributed by atoms with van der Waals surface area (Å²) in [4.78, 5) is 2.30. The number of morpholine rings is 1. The first-order chi connectivity index (χ1) is 9.62. The molecule has 1 N–H and O–H groups in total. The number of halogens is 2.